The molecule has 0 aliphatic heterocycles. The third kappa shape index (κ3) is 5.63. The van der Waals surface area contributed by atoms with Crippen molar-refractivity contribution in [1.29, 1.82) is 0 Å². The number of hydrogen-bond donors (Lipinski definition) is 1. The fraction of sp³-hybridized carbons (Fsp3) is 0.667. The third-order valence-electron chi connectivity index (χ3n) is 0.797. The molecular formula is C6H12FN. The number of nitrogens with one attached hydrogen (secondary N) is 1. The molecule has 0 aromatic heterocycles. The smallest absolute Gasteiger partial charge is 0.102 e. The Morgan fingerprint density at radius 3 is 2.75 bits per heavy atom. The van der Waals surface area contributed by atoms with Crippen LogP contribution in [0.25, 0.3) is 0 Å². The predicted octanol–water partition coefficient (Wildman–Crippen LogP) is 1.12. The summed E-state index contributed by atoms with van der Waals surface area (Å²) in [5, 5.41) is 2.89. The molecule has 0 aliphatic carbocycles. The third-order valence-corrected chi connectivity index (χ3v) is 0.797. The van der Waals surface area contributed by atoms with E-state index in [1.165, 1.54) is 0 Å². The van der Waals surface area contributed by atoms with E-state index in [-0.39, 0.29) is 6.67 Å². The SMILES string of the molecule is C=CCCNCCF. The van der Waals surface area contributed by atoms with Gasteiger partial charge in [0.25, 0.3) is 0 Å². The highest BCUT2D eigenvalue weighted by Crippen LogP contribution is 1.73. The monoisotopic (exact) mass is 117 g/mol. The molecule has 0 spiro atoms. The van der Waals surface area contributed by atoms with Crippen molar-refractivity contribution in [3.05, 3.63) is 12.7 Å². The van der Waals surface area contributed by atoms with Crippen LogP contribution in [0.1, 0.15) is 6.42 Å². The highest BCUT2D eigenvalue weighted by Gasteiger charge is 1.80. The molecule has 0 unspecified atom stereocenters. The highest BCUT2D eigenvalue weighted by molar-refractivity contribution is 4.66. The molecule has 0 saturated carbocycles. The molecule has 0 rings (SSSR count). The largest absolute Gasteiger partial charge is 0.314 e. The van der Waals surface area contributed by atoms with Crippen LogP contribution in [0.2, 0.25) is 0 Å². The normalized spacial score (nSPS) is 9.12. The van der Waals surface area contributed by atoms with Crippen molar-refractivity contribution in [3.8, 4) is 0 Å². The molecule has 0 radical (unpaired) electrons. The van der Waals surface area contributed by atoms with Gasteiger partial charge in [0.1, 0.15) is 6.67 Å². The topological polar surface area (TPSA) is 12.0 Å². The van der Waals surface area contributed by atoms with Crippen LogP contribution in [0.15, 0.2) is 12.7 Å². The lowest BCUT2D eigenvalue weighted by Crippen LogP contribution is -2.17. The van der Waals surface area contributed by atoms with Crippen LogP contribution in [0, 0.1) is 0 Å². The van der Waals surface area contributed by atoms with Crippen molar-refractivity contribution >= 4 is 0 Å². The number of alkyl halides is 1. The summed E-state index contributed by atoms with van der Waals surface area (Å²) < 4.78 is 11.3. The molecule has 0 aromatic rings. The Bertz CT molecular complexity index is 54.5. The van der Waals surface area contributed by atoms with Gasteiger partial charge in [-0.15, -0.1) is 6.58 Å². The quantitative estimate of drug-likeness (QED) is 0.420. The fourth-order valence-electron chi connectivity index (χ4n) is 0.396. The Morgan fingerprint density at radius 1 is 1.50 bits per heavy atom. The zero-order valence-electron chi connectivity index (χ0n) is 4.99. The van der Waals surface area contributed by atoms with E-state index in [2.05, 4.69) is 11.9 Å². The van der Waals surface area contributed by atoms with Crippen molar-refractivity contribution < 1.29 is 4.39 Å². The van der Waals surface area contributed by atoms with E-state index in [0.717, 1.165) is 13.0 Å². The summed E-state index contributed by atoms with van der Waals surface area (Å²) >= 11 is 0. The van der Waals surface area contributed by atoms with Gasteiger partial charge in [-0.25, -0.2) is 4.39 Å². The van der Waals surface area contributed by atoms with Crippen LogP contribution in [0.3, 0.4) is 0 Å². The Morgan fingerprint density at radius 2 is 2.25 bits per heavy atom. The Balaban J connectivity index is 2.62. The van der Waals surface area contributed by atoms with Gasteiger partial charge in [-0.2, -0.15) is 0 Å². The molecule has 0 atom stereocenters. The molecule has 0 aromatic carbocycles. The highest BCUT2D eigenvalue weighted by atomic mass is 19.1. The second-order valence-electron chi connectivity index (χ2n) is 1.52. The Labute approximate surface area is 49.6 Å². The molecule has 0 bridgehead atoms. The van der Waals surface area contributed by atoms with Crippen molar-refractivity contribution in [2.24, 2.45) is 0 Å². The molecule has 0 aliphatic rings. The molecule has 48 valence electrons. The maximum Gasteiger partial charge on any atom is 0.102 e. The fourth-order valence-corrected chi connectivity index (χ4v) is 0.396. The average molecular weight is 117 g/mol. The van der Waals surface area contributed by atoms with E-state index in [4.69, 9.17) is 0 Å². The number of hydrogen-bond acceptors (Lipinski definition) is 1. The second kappa shape index (κ2) is 6.63. The maximum atomic E-state index is 11.3. The van der Waals surface area contributed by atoms with Crippen LogP contribution in [-0.4, -0.2) is 19.8 Å². The summed E-state index contributed by atoms with van der Waals surface area (Å²) in [6, 6.07) is 0. The minimum Gasteiger partial charge on any atom is -0.314 e. The summed E-state index contributed by atoms with van der Waals surface area (Å²) in [5.74, 6) is 0. The van der Waals surface area contributed by atoms with Crippen LogP contribution in [0.5, 0.6) is 0 Å². The van der Waals surface area contributed by atoms with Crippen molar-refractivity contribution in [2.75, 3.05) is 19.8 Å². The summed E-state index contributed by atoms with van der Waals surface area (Å²) in [6.07, 6.45) is 2.73. The van der Waals surface area contributed by atoms with E-state index in [1.54, 1.807) is 0 Å². The summed E-state index contributed by atoms with van der Waals surface area (Å²) in [4.78, 5) is 0. The van der Waals surface area contributed by atoms with E-state index < -0.39 is 0 Å². The standard InChI is InChI=1S/C6H12FN/c1-2-3-5-8-6-4-7/h2,8H,1,3-6H2. The lowest BCUT2D eigenvalue weighted by atomic mass is 10.4. The first kappa shape index (κ1) is 7.63. The molecule has 1 nitrogen and oxygen atoms in total. The molecule has 1 N–H and O–H groups in total. The van der Waals surface area contributed by atoms with Crippen molar-refractivity contribution in [2.45, 2.75) is 6.42 Å². The van der Waals surface area contributed by atoms with Crippen LogP contribution in [0.4, 0.5) is 4.39 Å². The first-order chi connectivity index (χ1) is 3.91. The first-order valence-electron chi connectivity index (χ1n) is 2.79. The van der Waals surface area contributed by atoms with Gasteiger partial charge in [-0.3, -0.25) is 0 Å². The number of rotatable bonds is 5. The second-order valence-corrected chi connectivity index (χ2v) is 1.52. The molecule has 0 fully saturated rings. The summed E-state index contributed by atoms with van der Waals surface area (Å²) in [6.45, 7) is 4.55. The maximum absolute atomic E-state index is 11.3. The van der Waals surface area contributed by atoms with Gasteiger partial charge in [-0.1, -0.05) is 6.08 Å². The van der Waals surface area contributed by atoms with E-state index in [9.17, 15) is 4.39 Å². The zero-order valence-corrected chi connectivity index (χ0v) is 4.99. The molecule has 0 saturated heterocycles. The van der Waals surface area contributed by atoms with E-state index in [1.807, 2.05) is 6.08 Å². The number of halogens is 1. The lowest BCUT2D eigenvalue weighted by molar-refractivity contribution is 0.469. The minimum atomic E-state index is -0.281. The van der Waals surface area contributed by atoms with Gasteiger partial charge in [0.15, 0.2) is 0 Å². The minimum absolute atomic E-state index is 0.281. The zero-order chi connectivity index (χ0) is 6.24. The lowest BCUT2D eigenvalue weighted by Gasteiger charge is -1.95. The van der Waals surface area contributed by atoms with Gasteiger partial charge >= 0.3 is 0 Å². The Kier molecular flexibility index (Phi) is 6.32. The van der Waals surface area contributed by atoms with E-state index >= 15 is 0 Å². The van der Waals surface area contributed by atoms with Gasteiger partial charge in [-0.05, 0) is 13.0 Å². The van der Waals surface area contributed by atoms with Gasteiger partial charge < -0.3 is 5.32 Å². The van der Waals surface area contributed by atoms with Crippen LogP contribution in [-0.2, 0) is 0 Å². The van der Waals surface area contributed by atoms with Crippen LogP contribution >= 0.6 is 0 Å². The van der Waals surface area contributed by atoms with Crippen molar-refractivity contribution in [1.82, 2.24) is 5.32 Å². The van der Waals surface area contributed by atoms with E-state index in [0.29, 0.717) is 6.54 Å². The first-order valence-corrected chi connectivity index (χ1v) is 2.79. The molecule has 8 heavy (non-hydrogen) atoms. The summed E-state index contributed by atoms with van der Waals surface area (Å²) in [5.41, 5.74) is 0. The van der Waals surface area contributed by atoms with Crippen molar-refractivity contribution in [3.63, 3.8) is 0 Å². The molecule has 2 heteroatoms. The molecular weight excluding hydrogens is 105 g/mol. The van der Waals surface area contributed by atoms with Gasteiger partial charge in [0.05, 0.1) is 0 Å². The molecule has 0 heterocycles. The van der Waals surface area contributed by atoms with Crippen LogP contribution < -0.4 is 5.32 Å². The average Bonchev–Trinajstić information content (AvgIpc) is 1.81. The van der Waals surface area contributed by atoms with Gasteiger partial charge in [0, 0.05) is 6.54 Å². The summed E-state index contributed by atoms with van der Waals surface area (Å²) in [7, 11) is 0. The molecule has 0 amide bonds. The Hall–Kier alpha value is -0.370. The van der Waals surface area contributed by atoms with Gasteiger partial charge in [0.2, 0.25) is 0 Å². The predicted molar refractivity (Wildman–Crippen MR) is 33.7 cm³/mol.